The fourth-order valence-corrected chi connectivity index (χ4v) is 4.10. The van der Waals surface area contributed by atoms with E-state index in [0.29, 0.717) is 6.54 Å². The molecule has 0 aliphatic rings. The zero-order chi connectivity index (χ0) is 16.0. The topological polar surface area (TPSA) is 58.2 Å². The van der Waals surface area contributed by atoms with Crippen LogP contribution in [0.4, 0.5) is 0 Å². The molecule has 120 valence electrons. The van der Waals surface area contributed by atoms with Gasteiger partial charge in [0.05, 0.1) is 5.02 Å². The van der Waals surface area contributed by atoms with Gasteiger partial charge in [0, 0.05) is 12.6 Å². The van der Waals surface area contributed by atoms with Crippen LogP contribution in [-0.4, -0.2) is 21.0 Å². The van der Waals surface area contributed by atoms with Crippen molar-refractivity contribution in [2.24, 2.45) is 5.92 Å². The molecule has 0 saturated heterocycles. The van der Waals surface area contributed by atoms with Gasteiger partial charge in [-0.3, -0.25) is 0 Å². The lowest BCUT2D eigenvalue weighted by Crippen LogP contribution is -2.38. The summed E-state index contributed by atoms with van der Waals surface area (Å²) in [5.74, 6) is 0.230. The summed E-state index contributed by atoms with van der Waals surface area (Å²) in [4.78, 5) is 0.152. The highest BCUT2D eigenvalue weighted by molar-refractivity contribution is 7.89. The van der Waals surface area contributed by atoms with Crippen molar-refractivity contribution in [1.82, 2.24) is 10.0 Å². The standard InChI is InChI=1S/C15H25ClN2O2S/c1-5-14(11(3)4)18-21(19,20)15-9-12(10-17-6-2)7-8-13(15)16/h7-9,11,14,17-18H,5-6,10H2,1-4H3. The summed E-state index contributed by atoms with van der Waals surface area (Å²) in [7, 11) is -3.60. The van der Waals surface area contributed by atoms with Gasteiger partial charge in [-0.25, -0.2) is 13.1 Å². The van der Waals surface area contributed by atoms with E-state index in [1.165, 1.54) is 0 Å². The van der Waals surface area contributed by atoms with Gasteiger partial charge in [0.25, 0.3) is 0 Å². The smallest absolute Gasteiger partial charge is 0.242 e. The third-order valence-electron chi connectivity index (χ3n) is 3.42. The lowest BCUT2D eigenvalue weighted by Gasteiger charge is -2.21. The van der Waals surface area contributed by atoms with E-state index in [2.05, 4.69) is 10.0 Å². The predicted octanol–water partition coefficient (Wildman–Crippen LogP) is 3.16. The highest BCUT2D eigenvalue weighted by Gasteiger charge is 2.23. The Balaban J connectivity index is 3.06. The maximum Gasteiger partial charge on any atom is 0.242 e. The number of rotatable bonds is 8. The summed E-state index contributed by atoms with van der Waals surface area (Å²) in [6, 6.07) is 5.02. The maximum atomic E-state index is 12.5. The first kappa shape index (κ1) is 18.4. The van der Waals surface area contributed by atoms with Crippen LogP contribution in [0.1, 0.15) is 39.7 Å². The number of benzene rings is 1. The number of nitrogens with one attached hydrogen (secondary N) is 2. The van der Waals surface area contributed by atoms with Gasteiger partial charge in [-0.2, -0.15) is 0 Å². The minimum absolute atomic E-state index is 0.0940. The maximum absolute atomic E-state index is 12.5. The Morgan fingerprint density at radius 1 is 1.24 bits per heavy atom. The molecule has 0 bridgehead atoms. The van der Waals surface area contributed by atoms with Crippen LogP contribution in [0.5, 0.6) is 0 Å². The van der Waals surface area contributed by atoms with Gasteiger partial charge < -0.3 is 5.32 Å². The fraction of sp³-hybridized carbons (Fsp3) is 0.600. The molecule has 1 rings (SSSR count). The average molecular weight is 333 g/mol. The van der Waals surface area contributed by atoms with Crippen molar-refractivity contribution in [2.45, 2.75) is 51.6 Å². The Hall–Kier alpha value is -0.620. The molecule has 1 aromatic carbocycles. The Morgan fingerprint density at radius 3 is 2.43 bits per heavy atom. The summed E-state index contributed by atoms with van der Waals surface area (Å²) in [6.07, 6.45) is 0.742. The monoisotopic (exact) mass is 332 g/mol. The third kappa shape index (κ3) is 5.25. The van der Waals surface area contributed by atoms with E-state index in [1.54, 1.807) is 12.1 Å². The molecule has 0 saturated carbocycles. The molecule has 4 nitrogen and oxygen atoms in total. The second-order valence-corrected chi connectivity index (χ2v) is 7.51. The lowest BCUT2D eigenvalue weighted by atomic mass is 10.0. The Labute approximate surface area is 133 Å². The molecule has 0 fully saturated rings. The largest absolute Gasteiger partial charge is 0.313 e. The molecule has 0 amide bonds. The van der Waals surface area contributed by atoms with Crippen LogP contribution >= 0.6 is 11.6 Å². The van der Waals surface area contributed by atoms with Crippen molar-refractivity contribution in [2.75, 3.05) is 6.54 Å². The molecule has 6 heteroatoms. The lowest BCUT2D eigenvalue weighted by molar-refractivity contribution is 0.437. The van der Waals surface area contributed by atoms with Crippen LogP contribution in [0.15, 0.2) is 23.1 Å². The zero-order valence-corrected chi connectivity index (χ0v) is 14.7. The minimum atomic E-state index is -3.60. The van der Waals surface area contributed by atoms with Crippen LogP contribution in [0.25, 0.3) is 0 Å². The predicted molar refractivity (Wildman–Crippen MR) is 88.1 cm³/mol. The van der Waals surface area contributed by atoms with E-state index < -0.39 is 10.0 Å². The van der Waals surface area contributed by atoms with Gasteiger partial charge in [-0.05, 0) is 36.6 Å². The molecule has 1 unspecified atom stereocenters. The summed E-state index contributed by atoms with van der Waals surface area (Å²) in [6.45, 7) is 9.42. The van der Waals surface area contributed by atoms with Crippen LogP contribution in [0.3, 0.4) is 0 Å². The molecule has 0 aliphatic heterocycles. The van der Waals surface area contributed by atoms with E-state index in [1.807, 2.05) is 33.8 Å². The van der Waals surface area contributed by atoms with Gasteiger partial charge in [0.15, 0.2) is 0 Å². The van der Waals surface area contributed by atoms with Crippen molar-refractivity contribution in [1.29, 1.82) is 0 Å². The van der Waals surface area contributed by atoms with E-state index in [0.717, 1.165) is 18.5 Å². The molecular formula is C15H25ClN2O2S. The fourth-order valence-electron chi connectivity index (χ4n) is 2.09. The molecular weight excluding hydrogens is 308 g/mol. The van der Waals surface area contributed by atoms with Gasteiger partial charge in [0.2, 0.25) is 10.0 Å². The van der Waals surface area contributed by atoms with Crippen molar-refractivity contribution >= 4 is 21.6 Å². The van der Waals surface area contributed by atoms with E-state index >= 15 is 0 Å². The summed E-state index contributed by atoms with van der Waals surface area (Å²) >= 11 is 6.08. The average Bonchev–Trinajstić information content (AvgIpc) is 2.43. The highest BCUT2D eigenvalue weighted by atomic mass is 35.5. The van der Waals surface area contributed by atoms with Gasteiger partial charge in [0.1, 0.15) is 4.90 Å². The molecule has 21 heavy (non-hydrogen) atoms. The second kappa shape index (κ2) is 8.13. The second-order valence-electron chi connectivity index (χ2n) is 5.43. The van der Waals surface area contributed by atoms with Crippen LogP contribution < -0.4 is 10.0 Å². The Bertz CT molecular complexity index is 559. The molecule has 1 aromatic rings. The molecule has 0 aliphatic carbocycles. The first-order chi connectivity index (χ1) is 9.81. The Kier molecular flexibility index (Phi) is 7.13. The summed E-state index contributed by atoms with van der Waals surface area (Å²) in [5.41, 5.74) is 0.902. The molecule has 2 N–H and O–H groups in total. The molecule has 0 spiro atoms. The number of hydrogen-bond donors (Lipinski definition) is 2. The summed E-state index contributed by atoms with van der Waals surface area (Å²) < 4.78 is 27.8. The summed E-state index contributed by atoms with van der Waals surface area (Å²) in [5, 5.41) is 3.43. The van der Waals surface area contributed by atoms with Crippen LogP contribution in [0.2, 0.25) is 5.02 Å². The highest BCUT2D eigenvalue weighted by Crippen LogP contribution is 2.23. The van der Waals surface area contributed by atoms with Crippen LogP contribution in [-0.2, 0) is 16.6 Å². The van der Waals surface area contributed by atoms with E-state index in [-0.39, 0.29) is 21.9 Å². The zero-order valence-electron chi connectivity index (χ0n) is 13.1. The number of hydrogen-bond acceptors (Lipinski definition) is 3. The first-order valence-electron chi connectivity index (χ1n) is 7.33. The van der Waals surface area contributed by atoms with Crippen molar-refractivity contribution in [3.63, 3.8) is 0 Å². The van der Waals surface area contributed by atoms with Gasteiger partial charge in [-0.1, -0.05) is 45.4 Å². The van der Waals surface area contributed by atoms with Crippen molar-refractivity contribution < 1.29 is 8.42 Å². The quantitative estimate of drug-likeness (QED) is 0.768. The molecule has 0 radical (unpaired) electrons. The van der Waals surface area contributed by atoms with E-state index in [4.69, 9.17) is 11.6 Å². The SMILES string of the molecule is CCNCc1ccc(Cl)c(S(=O)(=O)NC(CC)C(C)C)c1. The van der Waals surface area contributed by atoms with Gasteiger partial charge >= 0.3 is 0 Å². The van der Waals surface area contributed by atoms with Gasteiger partial charge in [-0.15, -0.1) is 0 Å². The number of halogens is 1. The minimum Gasteiger partial charge on any atom is -0.313 e. The Morgan fingerprint density at radius 2 is 1.90 bits per heavy atom. The van der Waals surface area contributed by atoms with E-state index in [9.17, 15) is 8.42 Å². The van der Waals surface area contributed by atoms with Crippen molar-refractivity contribution in [3.05, 3.63) is 28.8 Å². The third-order valence-corrected chi connectivity index (χ3v) is 5.39. The molecule has 0 heterocycles. The molecule has 0 aromatic heterocycles. The van der Waals surface area contributed by atoms with Crippen molar-refractivity contribution in [3.8, 4) is 0 Å². The number of sulfonamides is 1. The first-order valence-corrected chi connectivity index (χ1v) is 9.19. The molecule has 1 atom stereocenters. The van der Waals surface area contributed by atoms with Crippen LogP contribution in [0, 0.1) is 5.92 Å². The normalized spacial score (nSPS) is 13.6.